The van der Waals surface area contributed by atoms with Crippen LogP contribution in [0.4, 0.5) is 0 Å². The van der Waals surface area contributed by atoms with E-state index in [1.807, 2.05) is 31.6 Å². The van der Waals surface area contributed by atoms with Gasteiger partial charge in [0, 0.05) is 47.6 Å². The van der Waals surface area contributed by atoms with Crippen molar-refractivity contribution in [1.29, 1.82) is 0 Å². The van der Waals surface area contributed by atoms with Gasteiger partial charge in [0.25, 0.3) is 0 Å². The molecule has 1 saturated heterocycles. The number of Topliss-reactive ketones (excluding diaryl/α,β-unsaturated/α-hetero) is 1. The van der Waals surface area contributed by atoms with Gasteiger partial charge < -0.3 is 4.90 Å². The van der Waals surface area contributed by atoms with Crippen LogP contribution in [0.25, 0.3) is 21.9 Å². The first kappa shape index (κ1) is 17.7. The van der Waals surface area contributed by atoms with E-state index in [1.54, 1.807) is 0 Å². The summed E-state index contributed by atoms with van der Waals surface area (Å²) < 4.78 is 0. The van der Waals surface area contributed by atoms with Gasteiger partial charge >= 0.3 is 0 Å². The van der Waals surface area contributed by atoms with Gasteiger partial charge in [0.15, 0.2) is 0 Å². The normalized spacial score (nSPS) is 15.9. The fourth-order valence-electron chi connectivity index (χ4n) is 3.66. The molecule has 0 bridgehead atoms. The van der Waals surface area contributed by atoms with Gasteiger partial charge in [0.1, 0.15) is 11.6 Å². The minimum atomic E-state index is 0.176. The van der Waals surface area contributed by atoms with Crippen LogP contribution in [0.15, 0.2) is 42.9 Å². The zero-order valence-electron chi connectivity index (χ0n) is 15.9. The largest absolute Gasteiger partial charge is 0.306 e. The maximum atomic E-state index is 12.7. The summed E-state index contributed by atoms with van der Waals surface area (Å²) in [5.74, 6) is 1.26. The van der Waals surface area contributed by atoms with E-state index in [-0.39, 0.29) is 5.92 Å². The number of piperidine rings is 1. The highest BCUT2D eigenvalue weighted by Gasteiger charge is 2.23. The van der Waals surface area contributed by atoms with Crippen molar-refractivity contribution in [3.05, 3.63) is 54.4 Å². The molecule has 0 saturated carbocycles. The maximum absolute atomic E-state index is 12.7. The standard InChI is InChI=1S/C22H24N4O/c1-15-23-13-20(14-24-15)17-3-4-18-12-25-21(10-19(18)9-17)11-22(27)16-5-7-26(2)8-6-16/h3-4,9-10,12-14,16H,5-8,11H2,1-2H3. The molecule has 3 heterocycles. The molecule has 1 aliphatic heterocycles. The number of carbonyl (C=O) groups excluding carboxylic acids is 1. The Kier molecular flexibility index (Phi) is 4.94. The van der Waals surface area contributed by atoms with Gasteiger partial charge in [-0.2, -0.15) is 0 Å². The Morgan fingerprint density at radius 1 is 1.00 bits per heavy atom. The van der Waals surface area contributed by atoms with Crippen molar-refractivity contribution in [3.63, 3.8) is 0 Å². The van der Waals surface area contributed by atoms with Crippen LogP contribution < -0.4 is 0 Å². The molecule has 0 unspecified atom stereocenters. The van der Waals surface area contributed by atoms with E-state index in [1.165, 1.54) is 0 Å². The summed E-state index contributed by atoms with van der Waals surface area (Å²) in [6.45, 7) is 3.89. The van der Waals surface area contributed by atoms with Gasteiger partial charge in [0.05, 0.1) is 0 Å². The highest BCUT2D eigenvalue weighted by Crippen LogP contribution is 2.25. The number of benzene rings is 1. The average molecular weight is 360 g/mol. The molecular formula is C22H24N4O. The zero-order valence-corrected chi connectivity index (χ0v) is 15.9. The first-order chi connectivity index (χ1) is 13.1. The molecule has 138 valence electrons. The van der Waals surface area contributed by atoms with Crippen LogP contribution in [0, 0.1) is 12.8 Å². The second kappa shape index (κ2) is 7.53. The third-order valence-corrected chi connectivity index (χ3v) is 5.42. The predicted octanol–water partition coefficient (Wildman–Crippen LogP) is 3.45. The molecule has 2 aromatic heterocycles. The van der Waals surface area contributed by atoms with E-state index in [2.05, 4.69) is 45.1 Å². The number of nitrogens with zero attached hydrogens (tertiary/aromatic N) is 4. The smallest absolute Gasteiger partial charge is 0.142 e. The van der Waals surface area contributed by atoms with Crippen molar-refractivity contribution >= 4 is 16.6 Å². The molecule has 1 aromatic carbocycles. The van der Waals surface area contributed by atoms with Crippen molar-refractivity contribution in [3.8, 4) is 11.1 Å². The molecule has 0 spiro atoms. The van der Waals surface area contributed by atoms with Crippen LogP contribution >= 0.6 is 0 Å². The molecule has 0 aliphatic carbocycles. The van der Waals surface area contributed by atoms with Gasteiger partial charge in [0.2, 0.25) is 0 Å². The van der Waals surface area contributed by atoms with E-state index in [9.17, 15) is 4.79 Å². The van der Waals surface area contributed by atoms with E-state index < -0.39 is 0 Å². The SMILES string of the molecule is Cc1ncc(-c2ccc3cnc(CC(=O)C4CCN(C)CC4)cc3c2)cn1. The number of hydrogen-bond donors (Lipinski definition) is 0. The number of aryl methyl sites for hydroxylation is 1. The molecule has 1 aliphatic rings. The molecule has 4 rings (SSSR count). The Morgan fingerprint density at radius 2 is 1.74 bits per heavy atom. The number of fused-ring (bicyclic) bond motifs is 1. The van der Waals surface area contributed by atoms with E-state index in [4.69, 9.17) is 0 Å². The summed E-state index contributed by atoms with van der Waals surface area (Å²) in [4.78, 5) is 28.0. The third-order valence-electron chi connectivity index (χ3n) is 5.42. The first-order valence-corrected chi connectivity index (χ1v) is 9.47. The lowest BCUT2D eigenvalue weighted by molar-refractivity contribution is -0.123. The lowest BCUT2D eigenvalue weighted by Gasteiger charge is -2.27. The van der Waals surface area contributed by atoms with Crippen molar-refractivity contribution in [2.75, 3.05) is 20.1 Å². The second-order valence-electron chi connectivity index (χ2n) is 7.48. The lowest BCUT2D eigenvalue weighted by atomic mass is 9.90. The van der Waals surface area contributed by atoms with E-state index in [0.29, 0.717) is 12.2 Å². The number of carbonyl (C=O) groups is 1. The second-order valence-corrected chi connectivity index (χ2v) is 7.48. The van der Waals surface area contributed by atoms with Crippen LogP contribution in [0.5, 0.6) is 0 Å². The third kappa shape index (κ3) is 4.03. The van der Waals surface area contributed by atoms with Crippen molar-refractivity contribution in [1.82, 2.24) is 19.9 Å². The maximum Gasteiger partial charge on any atom is 0.142 e. The average Bonchev–Trinajstić information content (AvgIpc) is 2.68. The van der Waals surface area contributed by atoms with Crippen molar-refractivity contribution in [2.24, 2.45) is 5.92 Å². The van der Waals surface area contributed by atoms with Crippen LogP contribution in [-0.2, 0) is 11.2 Å². The molecule has 0 amide bonds. The molecule has 5 nitrogen and oxygen atoms in total. The number of ketones is 1. The first-order valence-electron chi connectivity index (χ1n) is 9.47. The molecule has 3 aromatic rings. The van der Waals surface area contributed by atoms with Gasteiger partial charge in [-0.3, -0.25) is 9.78 Å². The summed E-state index contributed by atoms with van der Waals surface area (Å²) in [6.07, 6.45) is 7.88. The molecular weight excluding hydrogens is 336 g/mol. The fraction of sp³-hybridized carbons (Fsp3) is 0.364. The summed E-state index contributed by atoms with van der Waals surface area (Å²) in [5, 5.41) is 2.16. The number of aromatic nitrogens is 3. The van der Waals surface area contributed by atoms with Crippen LogP contribution in [0.1, 0.15) is 24.4 Å². The Morgan fingerprint density at radius 3 is 2.48 bits per heavy atom. The monoisotopic (exact) mass is 360 g/mol. The minimum absolute atomic E-state index is 0.176. The van der Waals surface area contributed by atoms with E-state index >= 15 is 0 Å². The van der Waals surface area contributed by atoms with Crippen LogP contribution in [0.3, 0.4) is 0 Å². The summed E-state index contributed by atoms with van der Waals surface area (Å²) in [6, 6.07) is 8.27. The van der Waals surface area contributed by atoms with Gasteiger partial charge in [-0.05, 0) is 63.0 Å². The number of pyridine rings is 1. The lowest BCUT2D eigenvalue weighted by Crippen LogP contribution is -2.34. The van der Waals surface area contributed by atoms with Crippen molar-refractivity contribution in [2.45, 2.75) is 26.2 Å². The number of likely N-dealkylation sites (tertiary alicyclic amines) is 1. The molecule has 0 radical (unpaired) electrons. The summed E-state index contributed by atoms with van der Waals surface area (Å²) in [7, 11) is 2.11. The Balaban J connectivity index is 1.55. The molecule has 1 fully saturated rings. The van der Waals surface area contributed by atoms with Crippen LogP contribution in [-0.4, -0.2) is 45.8 Å². The summed E-state index contributed by atoms with van der Waals surface area (Å²) >= 11 is 0. The predicted molar refractivity (Wildman–Crippen MR) is 106 cm³/mol. The molecule has 0 atom stereocenters. The Hall–Kier alpha value is -2.66. The topological polar surface area (TPSA) is 59.0 Å². The van der Waals surface area contributed by atoms with Gasteiger partial charge in [-0.25, -0.2) is 9.97 Å². The van der Waals surface area contributed by atoms with Crippen molar-refractivity contribution < 1.29 is 4.79 Å². The van der Waals surface area contributed by atoms with E-state index in [0.717, 1.165) is 59.3 Å². The molecule has 0 N–H and O–H groups in total. The zero-order chi connectivity index (χ0) is 18.8. The number of hydrogen-bond acceptors (Lipinski definition) is 5. The Labute approximate surface area is 159 Å². The minimum Gasteiger partial charge on any atom is -0.306 e. The van der Waals surface area contributed by atoms with Crippen LogP contribution in [0.2, 0.25) is 0 Å². The highest BCUT2D eigenvalue weighted by molar-refractivity contribution is 5.88. The highest BCUT2D eigenvalue weighted by atomic mass is 16.1. The number of rotatable bonds is 4. The Bertz CT molecular complexity index is 960. The quantitative estimate of drug-likeness (QED) is 0.713. The van der Waals surface area contributed by atoms with Gasteiger partial charge in [-0.1, -0.05) is 12.1 Å². The molecule has 5 heteroatoms. The van der Waals surface area contributed by atoms with Gasteiger partial charge in [-0.15, -0.1) is 0 Å². The summed E-state index contributed by atoms with van der Waals surface area (Å²) in [5.41, 5.74) is 2.91. The fourth-order valence-corrected chi connectivity index (χ4v) is 3.66. The molecule has 27 heavy (non-hydrogen) atoms.